The predicted octanol–water partition coefficient (Wildman–Crippen LogP) is 2.26. The van der Waals surface area contributed by atoms with Crippen LogP contribution < -0.4 is 0 Å². The molecule has 0 N–H and O–H groups in total. The second-order valence-electron chi connectivity index (χ2n) is 5.90. The van der Waals surface area contributed by atoms with Crippen molar-refractivity contribution in [3.63, 3.8) is 0 Å². The highest BCUT2D eigenvalue weighted by Crippen LogP contribution is 2.29. The van der Waals surface area contributed by atoms with E-state index in [1.165, 1.54) is 12.1 Å². The molecule has 1 aliphatic heterocycles. The Morgan fingerprint density at radius 3 is 2.21 bits per heavy atom. The molecule has 0 spiro atoms. The Morgan fingerprint density at radius 1 is 1.08 bits per heavy atom. The first kappa shape index (κ1) is 18.4. The Labute approximate surface area is 143 Å². The minimum absolute atomic E-state index is 0.0172. The zero-order valence-corrected chi connectivity index (χ0v) is 15.0. The first-order chi connectivity index (χ1) is 11.4. The van der Waals surface area contributed by atoms with Gasteiger partial charge < -0.3 is 4.90 Å². The normalized spacial score (nSPS) is 15.4. The summed E-state index contributed by atoms with van der Waals surface area (Å²) in [6.45, 7) is 4.82. The fraction of sp³-hybridized carbons (Fsp3) is 0.529. The van der Waals surface area contributed by atoms with Crippen LogP contribution in [-0.2, 0) is 14.8 Å². The maximum absolute atomic E-state index is 12.6. The van der Waals surface area contributed by atoms with Crippen molar-refractivity contribution in [3.05, 3.63) is 29.8 Å². The van der Waals surface area contributed by atoms with Crippen LogP contribution >= 0.6 is 0 Å². The molecule has 0 saturated heterocycles. The van der Waals surface area contributed by atoms with Crippen LogP contribution in [0.25, 0.3) is 0 Å². The van der Waals surface area contributed by atoms with Gasteiger partial charge in [-0.1, -0.05) is 38.8 Å². The van der Waals surface area contributed by atoms with Gasteiger partial charge in [0.2, 0.25) is 5.91 Å². The standard InChI is InChI=1S/C17H24N2O4S/c1-3-5-11-18(12-6-4-2)16(20)13-19-17(21)14-9-7-8-10-15(14)24(19,22)23/h7-10H,3-6,11-13H2,1-2H3. The predicted molar refractivity (Wildman–Crippen MR) is 91.1 cm³/mol. The average Bonchev–Trinajstić information content (AvgIpc) is 2.76. The van der Waals surface area contributed by atoms with Gasteiger partial charge >= 0.3 is 0 Å². The number of sulfonamides is 1. The number of fused-ring (bicyclic) bond motifs is 1. The fourth-order valence-electron chi connectivity index (χ4n) is 2.67. The van der Waals surface area contributed by atoms with Gasteiger partial charge in [-0.05, 0) is 25.0 Å². The Morgan fingerprint density at radius 2 is 1.67 bits per heavy atom. The van der Waals surface area contributed by atoms with Crippen molar-refractivity contribution in [2.24, 2.45) is 0 Å². The number of unbranched alkanes of at least 4 members (excludes halogenated alkanes) is 2. The van der Waals surface area contributed by atoms with E-state index in [2.05, 4.69) is 0 Å². The first-order valence-electron chi connectivity index (χ1n) is 8.37. The molecule has 2 amide bonds. The highest BCUT2D eigenvalue weighted by molar-refractivity contribution is 7.90. The zero-order chi connectivity index (χ0) is 17.7. The van der Waals surface area contributed by atoms with Crippen LogP contribution in [0.3, 0.4) is 0 Å². The lowest BCUT2D eigenvalue weighted by Crippen LogP contribution is -2.43. The molecular weight excluding hydrogens is 328 g/mol. The minimum Gasteiger partial charge on any atom is -0.341 e. The summed E-state index contributed by atoms with van der Waals surface area (Å²) in [5, 5.41) is 0. The summed E-state index contributed by atoms with van der Waals surface area (Å²) in [4.78, 5) is 26.6. The molecule has 0 atom stereocenters. The van der Waals surface area contributed by atoms with Gasteiger partial charge in [0.25, 0.3) is 15.9 Å². The van der Waals surface area contributed by atoms with Crippen molar-refractivity contribution < 1.29 is 18.0 Å². The molecule has 1 heterocycles. The second-order valence-corrected chi connectivity index (χ2v) is 7.73. The lowest BCUT2D eigenvalue weighted by molar-refractivity contribution is -0.131. The Kier molecular flexibility index (Phi) is 5.99. The summed E-state index contributed by atoms with van der Waals surface area (Å²) in [6, 6.07) is 6.07. The number of hydrogen-bond acceptors (Lipinski definition) is 4. The van der Waals surface area contributed by atoms with Crippen LogP contribution in [0.15, 0.2) is 29.2 Å². The number of rotatable bonds is 8. The van der Waals surface area contributed by atoms with E-state index in [0.717, 1.165) is 25.7 Å². The van der Waals surface area contributed by atoms with E-state index >= 15 is 0 Å². The van der Waals surface area contributed by atoms with Crippen molar-refractivity contribution in [1.29, 1.82) is 0 Å². The molecule has 1 aromatic rings. The van der Waals surface area contributed by atoms with Gasteiger partial charge in [0.1, 0.15) is 11.4 Å². The van der Waals surface area contributed by atoms with Gasteiger partial charge in [-0.15, -0.1) is 0 Å². The topological polar surface area (TPSA) is 74.8 Å². The average molecular weight is 352 g/mol. The fourth-order valence-corrected chi connectivity index (χ4v) is 4.19. The summed E-state index contributed by atoms with van der Waals surface area (Å²) >= 11 is 0. The number of carbonyl (C=O) groups is 2. The van der Waals surface area contributed by atoms with Gasteiger partial charge in [-0.3, -0.25) is 9.59 Å². The summed E-state index contributed by atoms with van der Waals surface area (Å²) in [5.74, 6) is -0.938. The molecule has 1 aliphatic rings. The molecule has 2 rings (SSSR count). The van der Waals surface area contributed by atoms with Gasteiger partial charge in [0.05, 0.1) is 5.56 Å². The minimum atomic E-state index is -3.93. The molecule has 0 fully saturated rings. The summed E-state index contributed by atoms with van der Waals surface area (Å²) in [7, 11) is -3.93. The van der Waals surface area contributed by atoms with E-state index < -0.39 is 22.5 Å². The van der Waals surface area contributed by atoms with Crippen LogP contribution in [0.4, 0.5) is 0 Å². The van der Waals surface area contributed by atoms with E-state index in [0.29, 0.717) is 17.4 Å². The van der Waals surface area contributed by atoms with Crippen LogP contribution in [0, 0.1) is 0 Å². The molecule has 24 heavy (non-hydrogen) atoms. The largest absolute Gasteiger partial charge is 0.341 e. The third kappa shape index (κ3) is 3.61. The Hall–Kier alpha value is -1.89. The lowest BCUT2D eigenvalue weighted by atomic mass is 10.2. The highest BCUT2D eigenvalue weighted by Gasteiger charge is 2.42. The molecule has 0 aliphatic carbocycles. The van der Waals surface area contributed by atoms with Crippen LogP contribution in [0.2, 0.25) is 0 Å². The Bertz CT molecular complexity index is 707. The van der Waals surface area contributed by atoms with Gasteiger partial charge in [0, 0.05) is 13.1 Å². The molecule has 6 nitrogen and oxygen atoms in total. The van der Waals surface area contributed by atoms with Crippen LogP contribution in [0.5, 0.6) is 0 Å². The van der Waals surface area contributed by atoms with Gasteiger partial charge in [-0.25, -0.2) is 12.7 Å². The van der Waals surface area contributed by atoms with E-state index in [1.54, 1.807) is 17.0 Å². The van der Waals surface area contributed by atoms with Crippen molar-refractivity contribution in [1.82, 2.24) is 9.21 Å². The molecule has 1 aromatic carbocycles. The molecule has 0 saturated carbocycles. The first-order valence-corrected chi connectivity index (χ1v) is 9.81. The number of hydrogen-bond donors (Lipinski definition) is 0. The van der Waals surface area contributed by atoms with E-state index in [9.17, 15) is 18.0 Å². The van der Waals surface area contributed by atoms with Crippen LogP contribution in [0.1, 0.15) is 49.9 Å². The molecule has 132 valence electrons. The maximum atomic E-state index is 12.6. The van der Waals surface area contributed by atoms with E-state index in [-0.39, 0.29) is 16.4 Å². The number of amides is 2. The number of nitrogens with zero attached hydrogens (tertiary/aromatic N) is 2. The lowest BCUT2D eigenvalue weighted by Gasteiger charge is -2.24. The molecule has 0 radical (unpaired) electrons. The quantitative estimate of drug-likeness (QED) is 0.719. The molecule has 7 heteroatoms. The third-order valence-corrected chi connectivity index (χ3v) is 5.89. The van der Waals surface area contributed by atoms with Gasteiger partial charge in [0.15, 0.2) is 0 Å². The number of carbonyl (C=O) groups excluding carboxylic acids is 2. The number of benzene rings is 1. The summed E-state index contributed by atoms with van der Waals surface area (Å²) < 4.78 is 25.7. The van der Waals surface area contributed by atoms with Crippen molar-refractivity contribution in [2.45, 2.75) is 44.4 Å². The summed E-state index contributed by atoms with van der Waals surface area (Å²) in [6.07, 6.45) is 3.61. The highest BCUT2D eigenvalue weighted by atomic mass is 32.2. The van der Waals surface area contributed by atoms with Crippen molar-refractivity contribution in [3.8, 4) is 0 Å². The van der Waals surface area contributed by atoms with E-state index in [1.807, 2.05) is 13.8 Å². The molecule has 0 unspecified atom stereocenters. The smallest absolute Gasteiger partial charge is 0.269 e. The zero-order valence-electron chi connectivity index (χ0n) is 14.2. The summed E-state index contributed by atoms with van der Waals surface area (Å²) in [5.41, 5.74) is 0.138. The SMILES string of the molecule is CCCCN(CCCC)C(=O)CN1C(=O)c2ccccc2S1(=O)=O. The molecule has 0 aromatic heterocycles. The molecule has 0 bridgehead atoms. The van der Waals surface area contributed by atoms with Crippen LogP contribution in [-0.4, -0.2) is 49.1 Å². The second kappa shape index (κ2) is 7.79. The van der Waals surface area contributed by atoms with Crippen molar-refractivity contribution in [2.75, 3.05) is 19.6 Å². The Balaban J connectivity index is 2.17. The van der Waals surface area contributed by atoms with Crippen molar-refractivity contribution >= 4 is 21.8 Å². The van der Waals surface area contributed by atoms with Gasteiger partial charge in [-0.2, -0.15) is 0 Å². The monoisotopic (exact) mass is 352 g/mol. The third-order valence-electron chi connectivity index (χ3n) is 4.11. The maximum Gasteiger partial charge on any atom is 0.269 e. The molecular formula is C17H24N2O4S. The van der Waals surface area contributed by atoms with E-state index in [4.69, 9.17) is 0 Å².